The average Bonchev–Trinajstić information content (AvgIpc) is 2.15. The van der Waals surface area contributed by atoms with Gasteiger partial charge >= 0.3 is 0 Å². The molecule has 0 heterocycles. The van der Waals surface area contributed by atoms with Crippen LogP contribution in [-0.2, 0) is 0 Å². The molecule has 1 nitrogen and oxygen atoms in total. The fraction of sp³-hybridized carbons (Fsp3) is 0.750. The Hall–Kier alpha value is -0.720. The molecule has 0 aromatic carbocycles. The van der Waals surface area contributed by atoms with Crippen LogP contribution in [-0.4, -0.2) is 5.11 Å². The van der Waals surface area contributed by atoms with Crippen molar-refractivity contribution in [1.82, 2.24) is 0 Å². The van der Waals surface area contributed by atoms with Gasteiger partial charge in [0.25, 0.3) is 0 Å². The molecule has 17 heavy (non-hydrogen) atoms. The molecule has 0 saturated carbocycles. The Morgan fingerprint density at radius 3 is 2.06 bits per heavy atom. The van der Waals surface area contributed by atoms with Crippen LogP contribution in [0.5, 0.6) is 0 Å². The molecule has 0 saturated heterocycles. The molecule has 1 rings (SSSR count). The van der Waals surface area contributed by atoms with Gasteiger partial charge in [0, 0.05) is 0 Å². The van der Waals surface area contributed by atoms with Crippen LogP contribution in [0.15, 0.2) is 23.5 Å². The minimum absolute atomic E-state index is 0.0422. The van der Waals surface area contributed by atoms with Gasteiger partial charge in [0.15, 0.2) is 0 Å². The molecular formula is C16H28O. The molecule has 1 aliphatic carbocycles. The van der Waals surface area contributed by atoms with Crippen LogP contribution < -0.4 is 0 Å². The average molecular weight is 236 g/mol. The molecule has 98 valence electrons. The first-order valence-electron chi connectivity index (χ1n) is 6.65. The van der Waals surface area contributed by atoms with E-state index in [4.69, 9.17) is 0 Å². The summed E-state index contributed by atoms with van der Waals surface area (Å²) in [7, 11) is 0. The van der Waals surface area contributed by atoms with E-state index >= 15 is 0 Å². The van der Waals surface area contributed by atoms with Crippen molar-refractivity contribution in [3.05, 3.63) is 23.5 Å². The van der Waals surface area contributed by atoms with Crippen molar-refractivity contribution in [3.8, 4) is 0 Å². The van der Waals surface area contributed by atoms with E-state index in [2.05, 4.69) is 54.5 Å². The van der Waals surface area contributed by atoms with E-state index in [1.165, 1.54) is 5.57 Å². The first-order valence-corrected chi connectivity index (χ1v) is 6.65. The van der Waals surface area contributed by atoms with Crippen LogP contribution in [0.2, 0.25) is 0 Å². The molecule has 1 N–H and O–H groups in total. The molecule has 1 aliphatic rings. The van der Waals surface area contributed by atoms with Crippen molar-refractivity contribution in [1.29, 1.82) is 0 Å². The quantitative estimate of drug-likeness (QED) is 0.659. The molecule has 0 spiro atoms. The summed E-state index contributed by atoms with van der Waals surface area (Å²) in [6.45, 7) is 15.7. The molecule has 0 bridgehead atoms. The number of aliphatic hydroxyl groups excluding tert-OH is 1. The highest BCUT2D eigenvalue weighted by Crippen LogP contribution is 2.52. The smallest absolute Gasteiger partial charge is 0.115 e. The molecule has 0 aromatic heterocycles. The maximum atomic E-state index is 10.1. The summed E-state index contributed by atoms with van der Waals surface area (Å²) in [4.78, 5) is 0. The van der Waals surface area contributed by atoms with Crippen LogP contribution in [0, 0.1) is 16.2 Å². The largest absolute Gasteiger partial charge is 0.508 e. The first kappa shape index (κ1) is 14.3. The van der Waals surface area contributed by atoms with Gasteiger partial charge in [-0.2, -0.15) is 0 Å². The van der Waals surface area contributed by atoms with Gasteiger partial charge in [-0.1, -0.05) is 54.5 Å². The summed E-state index contributed by atoms with van der Waals surface area (Å²) in [6, 6.07) is 0. The lowest BCUT2D eigenvalue weighted by atomic mass is 9.58. The lowest BCUT2D eigenvalue weighted by Gasteiger charge is -2.46. The lowest BCUT2D eigenvalue weighted by Crippen LogP contribution is -2.37. The zero-order chi connectivity index (χ0) is 13.5. The van der Waals surface area contributed by atoms with Gasteiger partial charge in [0.1, 0.15) is 5.76 Å². The van der Waals surface area contributed by atoms with E-state index in [0.29, 0.717) is 5.76 Å². The van der Waals surface area contributed by atoms with E-state index in [1.807, 2.05) is 6.08 Å². The highest BCUT2D eigenvalue weighted by Gasteiger charge is 2.42. The van der Waals surface area contributed by atoms with E-state index < -0.39 is 0 Å². The highest BCUT2D eigenvalue weighted by atomic mass is 16.3. The Kier molecular flexibility index (Phi) is 3.53. The van der Waals surface area contributed by atoms with Crippen LogP contribution in [0.3, 0.4) is 0 Å². The van der Waals surface area contributed by atoms with Gasteiger partial charge in [-0.3, -0.25) is 0 Å². The predicted octanol–water partition coefficient (Wildman–Crippen LogP) is 5.25. The van der Waals surface area contributed by atoms with Crippen LogP contribution in [0.1, 0.15) is 61.3 Å². The fourth-order valence-electron chi connectivity index (χ4n) is 2.74. The van der Waals surface area contributed by atoms with Crippen LogP contribution >= 0.6 is 0 Å². The van der Waals surface area contributed by atoms with E-state index in [9.17, 15) is 5.11 Å². The van der Waals surface area contributed by atoms with Gasteiger partial charge in [0.2, 0.25) is 0 Å². The van der Waals surface area contributed by atoms with Crippen molar-refractivity contribution in [2.24, 2.45) is 16.2 Å². The van der Waals surface area contributed by atoms with Crippen molar-refractivity contribution in [3.63, 3.8) is 0 Å². The predicted molar refractivity (Wildman–Crippen MR) is 75.0 cm³/mol. The normalized spacial score (nSPS) is 26.5. The maximum absolute atomic E-state index is 10.1. The van der Waals surface area contributed by atoms with Crippen molar-refractivity contribution in [2.45, 2.75) is 61.3 Å². The maximum Gasteiger partial charge on any atom is 0.115 e. The van der Waals surface area contributed by atoms with Crippen LogP contribution in [0.25, 0.3) is 0 Å². The van der Waals surface area contributed by atoms with E-state index in [1.54, 1.807) is 0 Å². The number of hydrogen-bond donors (Lipinski definition) is 1. The summed E-state index contributed by atoms with van der Waals surface area (Å²) in [5, 5.41) is 10.1. The Bertz CT molecular complexity index is 347. The van der Waals surface area contributed by atoms with Gasteiger partial charge in [-0.05, 0) is 40.7 Å². The molecule has 1 atom stereocenters. The third-order valence-electron chi connectivity index (χ3n) is 4.39. The summed E-state index contributed by atoms with van der Waals surface area (Å²) in [5.41, 5.74) is 1.62. The molecule has 0 aromatic rings. The monoisotopic (exact) mass is 236 g/mol. The summed E-state index contributed by atoms with van der Waals surface area (Å²) in [6.07, 6.45) is 6.22. The highest BCUT2D eigenvalue weighted by molar-refractivity contribution is 5.33. The first-order chi connectivity index (χ1) is 7.53. The molecule has 0 amide bonds. The second-order valence-corrected chi connectivity index (χ2v) is 7.38. The molecular weight excluding hydrogens is 208 g/mol. The molecule has 0 aliphatic heterocycles. The van der Waals surface area contributed by atoms with Gasteiger partial charge < -0.3 is 5.11 Å². The Morgan fingerprint density at radius 2 is 1.71 bits per heavy atom. The minimum Gasteiger partial charge on any atom is -0.508 e. The Labute approximate surface area is 107 Å². The van der Waals surface area contributed by atoms with E-state index in [0.717, 1.165) is 12.8 Å². The summed E-state index contributed by atoms with van der Waals surface area (Å²) < 4.78 is 0. The standard InChI is InChI=1S/C16H28O/c1-8-16(15(5,6)7)10-9-13(17)12(11-16)14(2,3)4/h9-10,17H,8,11H2,1-7H3. The molecule has 1 heteroatoms. The number of aliphatic hydroxyl groups is 1. The van der Waals surface area contributed by atoms with Crippen LogP contribution in [0.4, 0.5) is 0 Å². The third kappa shape index (κ3) is 2.59. The van der Waals surface area contributed by atoms with E-state index in [-0.39, 0.29) is 16.2 Å². The third-order valence-corrected chi connectivity index (χ3v) is 4.39. The summed E-state index contributed by atoms with van der Waals surface area (Å²) in [5.74, 6) is 0.478. The Morgan fingerprint density at radius 1 is 1.18 bits per heavy atom. The lowest BCUT2D eigenvalue weighted by molar-refractivity contribution is 0.124. The number of allylic oxidation sites excluding steroid dienone is 3. The number of rotatable bonds is 1. The molecule has 0 fully saturated rings. The molecule has 0 radical (unpaired) electrons. The number of hydrogen-bond acceptors (Lipinski definition) is 1. The molecule has 1 unspecified atom stereocenters. The second kappa shape index (κ2) is 4.19. The fourth-order valence-corrected chi connectivity index (χ4v) is 2.74. The Balaban J connectivity index is 3.20. The zero-order valence-corrected chi connectivity index (χ0v) is 12.5. The van der Waals surface area contributed by atoms with Crippen molar-refractivity contribution in [2.75, 3.05) is 0 Å². The van der Waals surface area contributed by atoms with Crippen molar-refractivity contribution < 1.29 is 5.11 Å². The second-order valence-electron chi connectivity index (χ2n) is 7.38. The van der Waals surface area contributed by atoms with Gasteiger partial charge in [0.05, 0.1) is 0 Å². The van der Waals surface area contributed by atoms with Crippen molar-refractivity contribution >= 4 is 0 Å². The zero-order valence-electron chi connectivity index (χ0n) is 12.5. The SMILES string of the molecule is CCC1(C(C)(C)C)C=CC(O)=C(C(C)(C)C)C1. The topological polar surface area (TPSA) is 20.2 Å². The van der Waals surface area contributed by atoms with Gasteiger partial charge in [-0.25, -0.2) is 0 Å². The minimum atomic E-state index is 0.0422. The van der Waals surface area contributed by atoms with Gasteiger partial charge in [-0.15, -0.1) is 0 Å². The summed E-state index contributed by atoms with van der Waals surface area (Å²) >= 11 is 0.